The summed E-state index contributed by atoms with van der Waals surface area (Å²) in [5.74, 6) is -1.16. The maximum atomic E-state index is 11.3. The van der Waals surface area contributed by atoms with Crippen LogP contribution in [0.15, 0.2) is 0 Å². The van der Waals surface area contributed by atoms with Crippen molar-refractivity contribution in [1.82, 2.24) is 5.32 Å². The van der Waals surface area contributed by atoms with Gasteiger partial charge in [0.25, 0.3) is 0 Å². The number of carboxylic acid groups (broad SMARTS) is 1. The number of carbonyl (C=O) groups excluding carboxylic acids is 1. The molecular weight excluding hydrogens is 202 g/mol. The van der Waals surface area contributed by atoms with Gasteiger partial charge in [0.2, 0.25) is 5.91 Å². The van der Waals surface area contributed by atoms with Crippen molar-refractivity contribution in [3.8, 4) is 0 Å². The van der Waals surface area contributed by atoms with Crippen LogP contribution < -0.4 is 5.32 Å². The molecule has 0 aromatic rings. The average molecular weight is 217 g/mol. The molecule has 1 amide bonds. The fourth-order valence-electron chi connectivity index (χ4n) is 1.30. The predicted molar refractivity (Wildman–Crippen MR) is 50.4 cm³/mol. The Morgan fingerprint density at radius 1 is 1.53 bits per heavy atom. The van der Waals surface area contributed by atoms with Gasteiger partial charge in [0.15, 0.2) is 0 Å². The van der Waals surface area contributed by atoms with Gasteiger partial charge in [-0.2, -0.15) is 0 Å². The summed E-state index contributed by atoms with van der Waals surface area (Å²) < 4.78 is 9.92. The Kier molecular flexibility index (Phi) is 5.06. The predicted octanol–water partition coefficient (Wildman–Crippen LogP) is -0.617. The molecule has 1 aliphatic rings. The van der Waals surface area contributed by atoms with Gasteiger partial charge >= 0.3 is 5.97 Å². The van der Waals surface area contributed by atoms with E-state index in [1.54, 1.807) is 0 Å². The lowest BCUT2D eigenvalue weighted by molar-refractivity contribution is -0.142. The third-order valence-corrected chi connectivity index (χ3v) is 1.99. The van der Waals surface area contributed by atoms with Crippen LogP contribution in [0.5, 0.6) is 0 Å². The number of rotatable bonds is 6. The number of nitrogens with one attached hydrogen (secondary N) is 1. The van der Waals surface area contributed by atoms with E-state index in [4.69, 9.17) is 14.6 Å². The van der Waals surface area contributed by atoms with Crippen LogP contribution in [0.25, 0.3) is 0 Å². The molecule has 0 aromatic heterocycles. The van der Waals surface area contributed by atoms with E-state index in [1.165, 1.54) is 0 Å². The van der Waals surface area contributed by atoms with E-state index >= 15 is 0 Å². The summed E-state index contributed by atoms with van der Waals surface area (Å²) in [7, 11) is 0. The zero-order chi connectivity index (χ0) is 11.1. The van der Waals surface area contributed by atoms with Crippen LogP contribution in [-0.2, 0) is 19.1 Å². The third-order valence-electron chi connectivity index (χ3n) is 1.99. The zero-order valence-electron chi connectivity index (χ0n) is 8.40. The van der Waals surface area contributed by atoms with Crippen molar-refractivity contribution in [2.75, 3.05) is 26.4 Å². The minimum absolute atomic E-state index is 0.147. The van der Waals surface area contributed by atoms with Crippen molar-refractivity contribution in [2.45, 2.75) is 18.9 Å². The summed E-state index contributed by atoms with van der Waals surface area (Å²) in [6, 6.07) is 0. The fourth-order valence-corrected chi connectivity index (χ4v) is 1.30. The van der Waals surface area contributed by atoms with Crippen LogP contribution in [-0.4, -0.2) is 49.5 Å². The summed E-state index contributed by atoms with van der Waals surface area (Å²) in [6.45, 7) is 0.806. The Balaban J connectivity index is 1.99. The number of carbonyl (C=O) groups is 2. The summed E-state index contributed by atoms with van der Waals surface area (Å²) >= 11 is 0. The number of hydrogen-bond donors (Lipinski definition) is 2. The molecular formula is C9H15NO5. The molecule has 1 saturated heterocycles. The maximum absolute atomic E-state index is 11.3. The van der Waals surface area contributed by atoms with Gasteiger partial charge < -0.3 is 19.9 Å². The molecule has 0 spiro atoms. The Morgan fingerprint density at radius 3 is 2.93 bits per heavy atom. The molecule has 1 rings (SSSR count). The van der Waals surface area contributed by atoms with Gasteiger partial charge in [-0.15, -0.1) is 0 Å². The first kappa shape index (κ1) is 11.9. The smallest absolute Gasteiger partial charge is 0.329 e. The topological polar surface area (TPSA) is 84.9 Å². The van der Waals surface area contributed by atoms with Gasteiger partial charge in [-0.05, 0) is 12.8 Å². The molecule has 0 radical (unpaired) electrons. The first-order valence-electron chi connectivity index (χ1n) is 4.89. The van der Waals surface area contributed by atoms with E-state index in [1.807, 2.05) is 0 Å². The third kappa shape index (κ3) is 4.75. The summed E-state index contributed by atoms with van der Waals surface area (Å²) in [6.07, 6.45) is 1.32. The Labute approximate surface area is 87.5 Å². The van der Waals surface area contributed by atoms with Crippen LogP contribution in [0, 0.1) is 0 Å². The largest absolute Gasteiger partial charge is 0.480 e. The van der Waals surface area contributed by atoms with Crippen molar-refractivity contribution in [3.63, 3.8) is 0 Å². The van der Waals surface area contributed by atoms with Crippen LogP contribution in [0.3, 0.4) is 0 Å². The summed E-state index contributed by atoms with van der Waals surface area (Å²) in [5, 5.41) is 10.9. The van der Waals surface area contributed by atoms with Gasteiger partial charge in [-0.25, -0.2) is 4.79 Å². The highest BCUT2D eigenvalue weighted by atomic mass is 16.5. The first-order chi connectivity index (χ1) is 7.20. The molecule has 0 aliphatic carbocycles. The van der Waals surface area contributed by atoms with Gasteiger partial charge in [0.05, 0.1) is 6.61 Å². The van der Waals surface area contributed by atoms with Crippen molar-refractivity contribution in [1.29, 1.82) is 0 Å². The van der Waals surface area contributed by atoms with Crippen molar-refractivity contribution in [3.05, 3.63) is 0 Å². The van der Waals surface area contributed by atoms with Crippen LogP contribution in [0.4, 0.5) is 0 Å². The van der Waals surface area contributed by atoms with E-state index in [-0.39, 0.29) is 25.2 Å². The van der Waals surface area contributed by atoms with Crippen LogP contribution in [0.2, 0.25) is 0 Å². The van der Waals surface area contributed by atoms with E-state index in [0.29, 0.717) is 13.2 Å². The van der Waals surface area contributed by atoms with Gasteiger partial charge in [0.1, 0.15) is 12.7 Å². The monoisotopic (exact) mass is 217 g/mol. The van der Waals surface area contributed by atoms with Gasteiger partial charge in [0, 0.05) is 13.2 Å². The second kappa shape index (κ2) is 6.36. The zero-order valence-corrected chi connectivity index (χ0v) is 8.40. The van der Waals surface area contributed by atoms with E-state index in [9.17, 15) is 9.59 Å². The maximum Gasteiger partial charge on any atom is 0.329 e. The van der Waals surface area contributed by atoms with Gasteiger partial charge in [-0.3, -0.25) is 4.79 Å². The Morgan fingerprint density at radius 2 is 2.33 bits per heavy atom. The SMILES string of the molecule is O=C(O)COCCNC(=O)[C@@H]1CCCO1. The number of ether oxygens (including phenoxy) is 2. The second-order valence-corrected chi connectivity index (χ2v) is 3.24. The minimum Gasteiger partial charge on any atom is -0.480 e. The quantitative estimate of drug-likeness (QED) is 0.579. The highest BCUT2D eigenvalue weighted by molar-refractivity contribution is 5.80. The van der Waals surface area contributed by atoms with Gasteiger partial charge in [-0.1, -0.05) is 0 Å². The number of hydrogen-bond acceptors (Lipinski definition) is 4. The lowest BCUT2D eigenvalue weighted by atomic mass is 10.2. The first-order valence-corrected chi connectivity index (χ1v) is 4.89. The summed E-state index contributed by atoms with van der Waals surface area (Å²) in [5.41, 5.74) is 0. The van der Waals surface area contributed by atoms with Crippen LogP contribution in [0.1, 0.15) is 12.8 Å². The van der Waals surface area contributed by atoms with E-state index in [2.05, 4.69) is 5.32 Å². The molecule has 15 heavy (non-hydrogen) atoms. The van der Waals surface area contributed by atoms with E-state index < -0.39 is 5.97 Å². The average Bonchev–Trinajstić information content (AvgIpc) is 2.69. The van der Waals surface area contributed by atoms with Crippen molar-refractivity contribution < 1.29 is 24.2 Å². The highest BCUT2D eigenvalue weighted by Crippen LogP contribution is 2.11. The number of carboxylic acids is 1. The molecule has 0 aromatic carbocycles. The van der Waals surface area contributed by atoms with Crippen molar-refractivity contribution >= 4 is 11.9 Å². The molecule has 0 saturated carbocycles. The second-order valence-electron chi connectivity index (χ2n) is 3.24. The lowest BCUT2D eigenvalue weighted by Gasteiger charge is -2.09. The van der Waals surface area contributed by atoms with E-state index in [0.717, 1.165) is 12.8 Å². The Bertz CT molecular complexity index is 225. The molecule has 0 bridgehead atoms. The van der Waals surface area contributed by atoms with Crippen molar-refractivity contribution in [2.24, 2.45) is 0 Å². The molecule has 0 unspecified atom stereocenters. The fraction of sp³-hybridized carbons (Fsp3) is 0.778. The molecule has 1 aliphatic heterocycles. The standard InChI is InChI=1S/C9H15NO5/c11-8(12)6-14-5-3-10-9(13)7-2-1-4-15-7/h7H,1-6H2,(H,10,13)(H,11,12)/t7-/m0/s1. The highest BCUT2D eigenvalue weighted by Gasteiger charge is 2.22. The number of aliphatic carboxylic acids is 1. The normalized spacial score (nSPS) is 20.1. The molecule has 1 fully saturated rings. The Hall–Kier alpha value is -1.14. The van der Waals surface area contributed by atoms with Crippen LogP contribution >= 0.6 is 0 Å². The molecule has 6 heteroatoms. The summed E-state index contributed by atoms with van der Waals surface area (Å²) in [4.78, 5) is 21.4. The molecule has 1 atom stereocenters. The molecule has 86 valence electrons. The molecule has 6 nitrogen and oxygen atoms in total. The number of amides is 1. The lowest BCUT2D eigenvalue weighted by Crippen LogP contribution is -2.36. The molecule has 2 N–H and O–H groups in total. The minimum atomic E-state index is -1.01. The molecule has 1 heterocycles.